The molecule has 1 aliphatic carbocycles. The van der Waals surface area contributed by atoms with Crippen LogP contribution in [0.2, 0.25) is 0 Å². The fourth-order valence-corrected chi connectivity index (χ4v) is 1.63. The van der Waals surface area contributed by atoms with Crippen LogP contribution in [0.15, 0.2) is 18.3 Å². The molecule has 0 spiro atoms. The van der Waals surface area contributed by atoms with Gasteiger partial charge in [0.15, 0.2) is 0 Å². The van der Waals surface area contributed by atoms with E-state index in [1.807, 2.05) is 0 Å². The highest BCUT2D eigenvalue weighted by Crippen LogP contribution is 2.51. The molecule has 1 unspecified atom stereocenters. The van der Waals surface area contributed by atoms with Crippen molar-refractivity contribution in [3.8, 4) is 0 Å². The smallest absolute Gasteiger partial charge is 0.141 e. The number of halogens is 1. The van der Waals surface area contributed by atoms with Crippen molar-refractivity contribution >= 4 is 5.82 Å². The minimum absolute atomic E-state index is 0.290. The summed E-state index contributed by atoms with van der Waals surface area (Å²) in [5.74, 6) is 1.20. The second-order valence-corrected chi connectivity index (χ2v) is 4.63. The fourth-order valence-electron chi connectivity index (χ4n) is 1.63. The standard InChI is InChI=1S/C11H15FN2/c1-11(2)5-8(11)6-13-10-4-3-9(12)7-14-10/h3-4,7-8H,5-6H2,1-2H3,(H,13,14). The first-order valence-electron chi connectivity index (χ1n) is 4.93. The molecule has 14 heavy (non-hydrogen) atoms. The Kier molecular flexibility index (Phi) is 2.17. The van der Waals surface area contributed by atoms with Crippen LogP contribution in [0.5, 0.6) is 0 Å². The topological polar surface area (TPSA) is 24.9 Å². The molecule has 0 saturated heterocycles. The Balaban J connectivity index is 1.84. The van der Waals surface area contributed by atoms with Gasteiger partial charge in [0.05, 0.1) is 6.20 Å². The van der Waals surface area contributed by atoms with Gasteiger partial charge in [-0.1, -0.05) is 13.8 Å². The highest BCUT2D eigenvalue weighted by atomic mass is 19.1. The van der Waals surface area contributed by atoms with E-state index in [4.69, 9.17) is 0 Å². The molecule has 1 saturated carbocycles. The molecule has 0 bridgehead atoms. The molecule has 0 aliphatic heterocycles. The zero-order valence-corrected chi connectivity index (χ0v) is 8.55. The first kappa shape index (κ1) is 9.44. The molecule has 1 fully saturated rings. The second-order valence-electron chi connectivity index (χ2n) is 4.63. The van der Waals surface area contributed by atoms with E-state index in [2.05, 4.69) is 24.1 Å². The van der Waals surface area contributed by atoms with Crippen LogP contribution in [0.3, 0.4) is 0 Å². The average Bonchev–Trinajstić information content (AvgIpc) is 2.73. The van der Waals surface area contributed by atoms with Gasteiger partial charge in [-0.15, -0.1) is 0 Å². The van der Waals surface area contributed by atoms with E-state index in [1.165, 1.54) is 18.7 Å². The molecule has 2 rings (SSSR count). The van der Waals surface area contributed by atoms with Crippen LogP contribution in [0.1, 0.15) is 20.3 Å². The van der Waals surface area contributed by atoms with Crippen LogP contribution in [-0.4, -0.2) is 11.5 Å². The second kappa shape index (κ2) is 3.23. The summed E-state index contributed by atoms with van der Waals surface area (Å²) >= 11 is 0. The molecule has 0 radical (unpaired) electrons. The van der Waals surface area contributed by atoms with Gasteiger partial charge < -0.3 is 5.32 Å². The quantitative estimate of drug-likeness (QED) is 0.800. The van der Waals surface area contributed by atoms with Gasteiger partial charge in [-0.25, -0.2) is 9.37 Å². The molecule has 2 nitrogen and oxygen atoms in total. The lowest BCUT2D eigenvalue weighted by molar-refractivity contribution is 0.572. The highest BCUT2D eigenvalue weighted by molar-refractivity contribution is 5.34. The van der Waals surface area contributed by atoms with E-state index in [1.54, 1.807) is 6.07 Å². The Morgan fingerprint density at radius 1 is 1.57 bits per heavy atom. The minimum Gasteiger partial charge on any atom is -0.370 e. The van der Waals surface area contributed by atoms with E-state index in [-0.39, 0.29) is 5.82 Å². The highest BCUT2D eigenvalue weighted by Gasteiger charge is 2.44. The first-order valence-corrected chi connectivity index (χ1v) is 4.93. The predicted molar refractivity (Wildman–Crippen MR) is 54.6 cm³/mol. The van der Waals surface area contributed by atoms with Crippen molar-refractivity contribution in [2.45, 2.75) is 20.3 Å². The number of anilines is 1. The lowest BCUT2D eigenvalue weighted by Gasteiger charge is -2.06. The average molecular weight is 194 g/mol. The van der Waals surface area contributed by atoms with Crippen molar-refractivity contribution < 1.29 is 4.39 Å². The molecular formula is C11H15FN2. The Bertz CT molecular complexity index is 319. The van der Waals surface area contributed by atoms with Gasteiger partial charge in [0.25, 0.3) is 0 Å². The predicted octanol–water partition coefficient (Wildman–Crippen LogP) is 2.68. The van der Waals surface area contributed by atoms with Gasteiger partial charge in [-0.2, -0.15) is 0 Å². The van der Waals surface area contributed by atoms with Gasteiger partial charge in [0.1, 0.15) is 11.6 Å². The van der Waals surface area contributed by atoms with Crippen molar-refractivity contribution in [1.29, 1.82) is 0 Å². The summed E-state index contributed by atoms with van der Waals surface area (Å²) in [6, 6.07) is 3.10. The maximum Gasteiger partial charge on any atom is 0.141 e. The third kappa shape index (κ3) is 2.03. The molecule has 1 atom stereocenters. The van der Waals surface area contributed by atoms with Crippen molar-refractivity contribution in [2.24, 2.45) is 11.3 Å². The fraction of sp³-hybridized carbons (Fsp3) is 0.545. The zero-order valence-electron chi connectivity index (χ0n) is 8.55. The summed E-state index contributed by atoms with van der Waals surface area (Å²) in [5.41, 5.74) is 0.479. The summed E-state index contributed by atoms with van der Waals surface area (Å²) in [6.07, 6.45) is 2.50. The number of nitrogens with one attached hydrogen (secondary N) is 1. The van der Waals surface area contributed by atoms with Gasteiger partial charge in [0, 0.05) is 6.54 Å². The molecular weight excluding hydrogens is 179 g/mol. The van der Waals surface area contributed by atoms with Crippen LogP contribution in [0.4, 0.5) is 10.2 Å². The largest absolute Gasteiger partial charge is 0.370 e. The summed E-state index contributed by atoms with van der Waals surface area (Å²) in [6.45, 7) is 5.46. The maximum atomic E-state index is 12.5. The first-order chi connectivity index (χ1) is 6.58. The SMILES string of the molecule is CC1(C)CC1CNc1ccc(F)cn1. The van der Waals surface area contributed by atoms with E-state index in [0.29, 0.717) is 5.41 Å². The summed E-state index contributed by atoms with van der Waals surface area (Å²) < 4.78 is 12.5. The van der Waals surface area contributed by atoms with E-state index in [9.17, 15) is 4.39 Å². The number of aromatic nitrogens is 1. The molecule has 76 valence electrons. The summed E-state index contributed by atoms with van der Waals surface area (Å²) in [5, 5.41) is 3.21. The Hall–Kier alpha value is -1.12. The summed E-state index contributed by atoms with van der Waals surface area (Å²) in [7, 11) is 0. The molecule has 3 heteroatoms. The number of nitrogens with zero attached hydrogens (tertiary/aromatic N) is 1. The van der Waals surface area contributed by atoms with Gasteiger partial charge in [0.2, 0.25) is 0 Å². The maximum absolute atomic E-state index is 12.5. The van der Waals surface area contributed by atoms with Crippen molar-refractivity contribution in [1.82, 2.24) is 4.98 Å². The number of pyridine rings is 1. The minimum atomic E-state index is -0.290. The molecule has 0 amide bonds. The van der Waals surface area contributed by atoms with Crippen molar-refractivity contribution in [2.75, 3.05) is 11.9 Å². The molecule has 1 aromatic rings. The lowest BCUT2D eigenvalue weighted by atomic mass is 10.1. The van der Waals surface area contributed by atoms with Crippen molar-refractivity contribution in [3.05, 3.63) is 24.1 Å². The Labute approximate surface area is 83.6 Å². The third-order valence-electron chi connectivity index (χ3n) is 2.97. The van der Waals surface area contributed by atoms with E-state index in [0.717, 1.165) is 18.3 Å². The number of hydrogen-bond donors (Lipinski definition) is 1. The van der Waals surface area contributed by atoms with Crippen LogP contribution in [-0.2, 0) is 0 Å². The van der Waals surface area contributed by atoms with Crippen LogP contribution >= 0.6 is 0 Å². The molecule has 1 heterocycles. The van der Waals surface area contributed by atoms with Crippen LogP contribution < -0.4 is 5.32 Å². The molecule has 1 aliphatic rings. The van der Waals surface area contributed by atoms with Crippen molar-refractivity contribution in [3.63, 3.8) is 0 Å². The molecule has 1 N–H and O–H groups in total. The van der Waals surface area contributed by atoms with Crippen LogP contribution in [0.25, 0.3) is 0 Å². The monoisotopic (exact) mass is 194 g/mol. The Morgan fingerprint density at radius 2 is 2.29 bits per heavy atom. The number of hydrogen-bond acceptors (Lipinski definition) is 2. The van der Waals surface area contributed by atoms with Gasteiger partial charge >= 0.3 is 0 Å². The van der Waals surface area contributed by atoms with Gasteiger partial charge in [-0.05, 0) is 29.9 Å². The third-order valence-corrected chi connectivity index (χ3v) is 2.97. The normalized spacial score (nSPS) is 23.2. The van der Waals surface area contributed by atoms with E-state index >= 15 is 0 Å². The summed E-state index contributed by atoms with van der Waals surface area (Å²) in [4.78, 5) is 3.94. The number of rotatable bonds is 3. The van der Waals surface area contributed by atoms with E-state index < -0.39 is 0 Å². The van der Waals surface area contributed by atoms with Gasteiger partial charge in [-0.3, -0.25) is 0 Å². The molecule has 1 aromatic heterocycles. The zero-order chi connectivity index (χ0) is 10.2. The molecule has 0 aromatic carbocycles. The lowest BCUT2D eigenvalue weighted by Crippen LogP contribution is -2.08. The Morgan fingerprint density at radius 3 is 2.79 bits per heavy atom. The van der Waals surface area contributed by atoms with Crippen LogP contribution in [0, 0.1) is 17.2 Å².